The lowest BCUT2D eigenvalue weighted by atomic mass is 10.2. The smallest absolute Gasteiger partial charge is 0.226 e. The highest BCUT2D eigenvalue weighted by Gasteiger charge is 2.14. The van der Waals surface area contributed by atoms with Crippen LogP contribution in [0.15, 0.2) is 64.4 Å². The van der Waals surface area contributed by atoms with Gasteiger partial charge in [0, 0.05) is 16.3 Å². The molecule has 2 aromatic heterocycles. The molecule has 0 aliphatic carbocycles. The number of rotatable bonds is 5. The quantitative estimate of drug-likeness (QED) is 0.418. The molecule has 4 aromatic rings. The molecule has 5 nitrogen and oxygen atoms in total. The number of hydrogen-bond acceptors (Lipinski definition) is 5. The zero-order chi connectivity index (χ0) is 18.8. The van der Waals surface area contributed by atoms with Crippen LogP contribution in [0.4, 0.5) is 0 Å². The molecule has 0 unspecified atom stereocenters. The Hall–Kier alpha value is -2.57. The summed E-state index contributed by atoms with van der Waals surface area (Å²) in [5.41, 5.74) is 3.83. The molecule has 2 aromatic carbocycles. The molecule has 0 aliphatic heterocycles. The molecule has 0 aliphatic rings. The fourth-order valence-corrected chi connectivity index (χ4v) is 3.74. The van der Waals surface area contributed by atoms with Crippen molar-refractivity contribution in [1.82, 2.24) is 19.7 Å². The number of halogens is 1. The van der Waals surface area contributed by atoms with Crippen molar-refractivity contribution in [3.05, 3.63) is 76.9 Å². The molecule has 2 heterocycles. The molecule has 27 heavy (non-hydrogen) atoms. The first-order valence-electron chi connectivity index (χ1n) is 8.43. The van der Waals surface area contributed by atoms with E-state index in [-0.39, 0.29) is 0 Å². The first-order valence-corrected chi connectivity index (χ1v) is 9.79. The molecule has 0 saturated carbocycles. The van der Waals surface area contributed by atoms with Crippen molar-refractivity contribution in [2.75, 3.05) is 0 Å². The minimum Gasteiger partial charge on any atom is -0.441 e. The van der Waals surface area contributed by atoms with E-state index in [4.69, 9.17) is 16.0 Å². The highest BCUT2D eigenvalue weighted by Crippen LogP contribution is 2.28. The predicted octanol–water partition coefficient (Wildman–Crippen LogP) is 5.48. The topological polar surface area (TPSA) is 56.7 Å². The number of aryl methyl sites for hydroxylation is 2. The monoisotopic (exact) mass is 396 g/mol. The Morgan fingerprint density at radius 3 is 2.70 bits per heavy atom. The van der Waals surface area contributed by atoms with Crippen molar-refractivity contribution in [2.45, 2.75) is 24.8 Å². The van der Waals surface area contributed by atoms with E-state index in [2.05, 4.69) is 15.2 Å². The van der Waals surface area contributed by atoms with E-state index in [1.54, 1.807) is 18.1 Å². The Morgan fingerprint density at radius 1 is 1.11 bits per heavy atom. The summed E-state index contributed by atoms with van der Waals surface area (Å²) >= 11 is 7.81. The van der Waals surface area contributed by atoms with E-state index >= 15 is 0 Å². The van der Waals surface area contributed by atoms with E-state index < -0.39 is 0 Å². The van der Waals surface area contributed by atoms with Crippen LogP contribution in [-0.2, 0) is 5.75 Å². The van der Waals surface area contributed by atoms with Crippen LogP contribution in [0.5, 0.6) is 0 Å². The highest BCUT2D eigenvalue weighted by atomic mass is 35.5. The zero-order valence-electron chi connectivity index (χ0n) is 14.9. The van der Waals surface area contributed by atoms with Gasteiger partial charge in [0.25, 0.3) is 0 Å². The summed E-state index contributed by atoms with van der Waals surface area (Å²) in [4.78, 5) is 4.64. The van der Waals surface area contributed by atoms with Crippen molar-refractivity contribution >= 4 is 23.4 Å². The fourth-order valence-electron chi connectivity index (χ4n) is 2.63. The lowest BCUT2D eigenvalue weighted by Gasteiger charge is -2.07. The molecule has 0 atom stereocenters. The van der Waals surface area contributed by atoms with Gasteiger partial charge in [-0.25, -0.2) is 4.98 Å². The Balaban J connectivity index is 1.54. The van der Waals surface area contributed by atoms with E-state index in [1.807, 2.05) is 66.9 Å². The maximum absolute atomic E-state index is 6.25. The Kier molecular flexibility index (Phi) is 5.01. The maximum atomic E-state index is 6.25. The molecular weight excluding hydrogens is 380 g/mol. The fraction of sp³-hybridized carbons (Fsp3) is 0.150. The van der Waals surface area contributed by atoms with Gasteiger partial charge in [0.15, 0.2) is 5.16 Å². The predicted molar refractivity (Wildman–Crippen MR) is 107 cm³/mol. The third-order valence-electron chi connectivity index (χ3n) is 4.20. The van der Waals surface area contributed by atoms with Crippen molar-refractivity contribution in [3.63, 3.8) is 0 Å². The van der Waals surface area contributed by atoms with Gasteiger partial charge in [0.05, 0.1) is 11.4 Å². The average Bonchev–Trinajstić information content (AvgIpc) is 3.29. The van der Waals surface area contributed by atoms with Gasteiger partial charge in [0.2, 0.25) is 5.89 Å². The molecule has 0 saturated heterocycles. The number of benzene rings is 2. The molecule has 4 rings (SSSR count). The SMILES string of the molecule is Cc1ccc(-n2cnnc2SCc2nc(-c3ccccc3)oc2C)cc1Cl. The van der Waals surface area contributed by atoms with Crippen LogP contribution in [0.25, 0.3) is 17.1 Å². The number of nitrogens with zero attached hydrogens (tertiary/aromatic N) is 4. The molecule has 0 spiro atoms. The van der Waals surface area contributed by atoms with Crippen LogP contribution in [0.3, 0.4) is 0 Å². The maximum Gasteiger partial charge on any atom is 0.226 e. The van der Waals surface area contributed by atoms with Gasteiger partial charge in [-0.3, -0.25) is 4.57 Å². The number of thioether (sulfide) groups is 1. The lowest BCUT2D eigenvalue weighted by Crippen LogP contribution is -1.96. The van der Waals surface area contributed by atoms with Gasteiger partial charge in [-0.2, -0.15) is 0 Å². The number of oxazole rings is 1. The summed E-state index contributed by atoms with van der Waals surface area (Å²) in [5.74, 6) is 2.08. The molecule has 0 N–H and O–H groups in total. The van der Waals surface area contributed by atoms with Crippen LogP contribution in [0.2, 0.25) is 5.02 Å². The lowest BCUT2D eigenvalue weighted by molar-refractivity contribution is 0.540. The summed E-state index contributed by atoms with van der Waals surface area (Å²) in [6.45, 7) is 3.91. The number of aromatic nitrogens is 4. The van der Waals surface area contributed by atoms with Gasteiger partial charge in [-0.05, 0) is 43.7 Å². The standard InChI is InChI=1S/C20H17ClN4OS/c1-13-8-9-16(10-17(13)21)25-12-22-24-20(25)27-11-18-14(2)26-19(23-18)15-6-4-3-5-7-15/h3-10,12H,11H2,1-2H3. The van der Waals surface area contributed by atoms with E-state index in [0.717, 1.165) is 38.4 Å². The van der Waals surface area contributed by atoms with Gasteiger partial charge in [-0.1, -0.05) is 47.6 Å². The van der Waals surface area contributed by atoms with E-state index in [0.29, 0.717) is 11.6 Å². The number of hydrogen-bond donors (Lipinski definition) is 0. The highest BCUT2D eigenvalue weighted by molar-refractivity contribution is 7.98. The normalized spacial score (nSPS) is 11.1. The van der Waals surface area contributed by atoms with E-state index in [9.17, 15) is 0 Å². The minimum atomic E-state index is 0.635. The van der Waals surface area contributed by atoms with Crippen molar-refractivity contribution in [3.8, 4) is 17.1 Å². The third kappa shape index (κ3) is 3.77. The second-order valence-electron chi connectivity index (χ2n) is 6.09. The van der Waals surface area contributed by atoms with Gasteiger partial charge < -0.3 is 4.42 Å². The second-order valence-corrected chi connectivity index (χ2v) is 7.44. The molecule has 0 fully saturated rings. The van der Waals surface area contributed by atoms with Gasteiger partial charge in [-0.15, -0.1) is 10.2 Å². The van der Waals surface area contributed by atoms with Crippen molar-refractivity contribution in [2.24, 2.45) is 0 Å². The molecule has 0 amide bonds. The van der Waals surface area contributed by atoms with Gasteiger partial charge >= 0.3 is 0 Å². The largest absolute Gasteiger partial charge is 0.441 e. The first kappa shape index (κ1) is 17.8. The first-order chi connectivity index (χ1) is 13.1. The van der Waals surface area contributed by atoms with E-state index in [1.165, 1.54) is 0 Å². The molecule has 0 radical (unpaired) electrons. The summed E-state index contributed by atoms with van der Waals surface area (Å²) in [7, 11) is 0. The van der Waals surface area contributed by atoms with Gasteiger partial charge in [0.1, 0.15) is 12.1 Å². The van der Waals surface area contributed by atoms with Crippen molar-refractivity contribution < 1.29 is 4.42 Å². The summed E-state index contributed by atoms with van der Waals surface area (Å²) in [5, 5.41) is 9.77. The summed E-state index contributed by atoms with van der Waals surface area (Å²) < 4.78 is 7.75. The van der Waals surface area contributed by atoms with Crippen molar-refractivity contribution in [1.29, 1.82) is 0 Å². The Labute approximate surface area is 166 Å². The molecule has 0 bridgehead atoms. The van der Waals surface area contributed by atoms with Crippen LogP contribution < -0.4 is 0 Å². The average molecular weight is 397 g/mol. The van der Waals surface area contributed by atoms with Crippen LogP contribution in [-0.4, -0.2) is 19.7 Å². The minimum absolute atomic E-state index is 0.635. The molecule has 136 valence electrons. The summed E-state index contributed by atoms with van der Waals surface area (Å²) in [6, 6.07) is 15.8. The molecular formula is C20H17ClN4OS. The van der Waals surface area contributed by atoms with Crippen LogP contribution in [0, 0.1) is 13.8 Å². The van der Waals surface area contributed by atoms with Crippen LogP contribution >= 0.6 is 23.4 Å². The zero-order valence-corrected chi connectivity index (χ0v) is 16.5. The Bertz CT molecular complexity index is 1070. The summed E-state index contributed by atoms with van der Waals surface area (Å²) in [6.07, 6.45) is 1.69. The third-order valence-corrected chi connectivity index (χ3v) is 5.56. The van der Waals surface area contributed by atoms with Crippen LogP contribution in [0.1, 0.15) is 17.0 Å². The second kappa shape index (κ2) is 7.58. The molecule has 7 heteroatoms. The Morgan fingerprint density at radius 2 is 1.93 bits per heavy atom.